The van der Waals surface area contributed by atoms with Gasteiger partial charge >= 0.3 is 0 Å². The summed E-state index contributed by atoms with van der Waals surface area (Å²) in [5, 5.41) is 0. The van der Waals surface area contributed by atoms with Crippen molar-refractivity contribution in [1.29, 1.82) is 0 Å². The quantitative estimate of drug-likeness (QED) is 0.561. The van der Waals surface area contributed by atoms with Crippen molar-refractivity contribution in [3.8, 4) is 0 Å². The Morgan fingerprint density at radius 1 is 1.23 bits per heavy atom. The molecule has 0 heterocycles. The molecule has 0 fully saturated rings. The summed E-state index contributed by atoms with van der Waals surface area (Å²) in [7, 11) is 3.48. The van der Waals surface area contributed by atoms with Crippen molar-refractivity contribution < 1.29 is 9.31 Å². The maximum absolute atomic E-state index is 5.49. The lowest BCUT2D eigenvalue weighted by molar-refractivity contribution is 0.0771. The average molecular weight is 182 g/mol. The van der Waals surface area contributed by atoms with Crippen LogP contribution in [0.5, 0.6) is 0 Å². The molecule has 0 bridgehead atoms. The molecule has 0 aliphatic rings. The van der Waals surface area contributed by atoms with Crippen molar-refractivity contribution >= 4 is 15.0 Å². The third-order valence-corrected chi connectivity index (χ3v) is 1.82. The minimum absolute atomic E-state index is 0.0781. The standard InChI is InChI=1S/C9H20B2O2/c1-8(7-12-10-4)6-9(2,3)13-11-5/h8H,6-7H2,1-5H3. The van der Waals surface area contributed by atoms with Crippen LogP contribution in [0.15, 0.2) is 0 Å². The van der Waals surface area contributed by atoms with Crippen LogP contribution in [0.25, 0.3) is 0 Å². The molecule has 0 aromatic rings. The fourth-order valence-electron chi connectivity index (χ4n) is 1.53. The highest BCUT2D eigenvalue weighted by atomic mass is 16.5. The number of hydrogen-bond acceptors (Lipinski definition) is 2. The molecule has 0 aromatic carbocycles. The molecule has 0 saturated heterocycles. The van der Waals surface area contributed by atoms with Gasteiger partial charge in [0.25, 0.3) is 15.0 Å². The molecular weight excluding hydrogens is 162 g/mol. The van der Waals surface area contributed by atoms with E-state index in [4.69, 9.17) is 9.31 Å². The Labute approximate surface area is 83.9 Å². The molecule has 0 rings (SSSR count). The summed E-state index contributed by atoms with van der Waals surface area (Å²) >= 11 is 0. The second-order valence-corrected chi connectivity index (χ2v) is 3.99. The zero-order valence-electron chi connectivity index (χ0n) is 9.46. The predicted molar refractivity (Wildman–Crippen MR) is 58.1 cm³/mol. The Kier molecular flexibility index (Phi) is 6.52. The first-order valence-corrected chi connectivity index (χ1v) is 4.87. The molecule has 0 aliphatic heterocycles. The zero-order chi connectivity index (χ0) is 10.3. The maximum Gasteiger partial charge on any atom is 0.289 e. The summed E-state index contributed by atoms with van der Waals surface area (Å²) in [5.74, 6) is 0.520. The molecule has 0 aromatic heterocycles. The Morgan fingerprint density at radius 3 is 2.31 bits per heavy atom. The summed E-state index contributed by atoms with van der Waals surface area (Å²) in [6.45, 7) is 10.9. The maximum atomic E-state index is 5.49. The van der Waals surface area contributed by atoms with Crippen LogP contribution in [0, 0.1) is 5.92 Å². The first kappa shape index (κ1) is 13.0. The van der Waals surface area contributed by atoms with Gasteiger partial charge in [-0.1, -0.05) is 20.6 Å². The van der Waals surface area contributed by atoms with E-state index in [1.165, 1.54) is 0 Å². The van der Waals surface area contributed by atoms with Gasteiger partial charge in [0.1, 0.15) is 0 Å². The third-order valence-electron chi connectivity index (χ3n) is 1.82. The first-order chi connectivity index (χ1) is 6.02. The largest absolute Gasteiger partial charge is 0.441 e. The van der Waals surface area contributed by atoms with Crippen LogP contribution in [0.3, 0.4) is 0 Å². The molecule has 0 spiro atoms. The molecule has 0 saturated carbocycles. The van der Waals surface area contributed by atoms with Crippen LogP contribution >= 0.6 is 0 Å². The van der Waals surface area contributed by atoms with Gasteiger partial charge < -0.3 is 9.31 Å². The van der Waals surface area contributed by atoms with E-state index in [-0.39, 0.29) is 5.60 Å². The van der Waals surface area contributed by atoms with E-state index in [9.17, 15) is 0 Å². The molecule has 74 valence electrons. The number of rotatable bonds is 7. The predicted octanol–water partition coefficient (Wildman–Crippen LogP) is 2.16. The van der Waals surface area contributed by atoms with Crippen molar-refractivity contribution in [2.45, 2.75) is 46.4 Å². The molecule has 1 atom stereocenters. The van der Waals surface area contributed by atoms with Crippen LogP contribution < -0.4 is 0 Å². The third kappa shape index (κ3) is 7.15. The average Bonchev–Trinajstić information content (AvgIpc) is 1.99. The summed E-state index contributed by atoms with van der Waals surface area (Å²) < 4.78 is 10.7. The van der Waals surface area contributed by atoms with Crippen molar-refractivity contribution in [3.63, 3.8) is 0 Å². The number of hydrogen-bond donors (Lipinski definition) is 0. The van der Waals surface area contributed by atoms with Crippen LogP contribution in [0.1, 0.15) is 27.2 Å². The lowest BCUT2D eigenvalue weighted by Crippen LogP contribution is -2.29. The van der Waals surface area contributed by atoms with Gasteiger partial charge in [-0.3, -0.25) is 0 Å². The highest BCUT2D eigenvalue weighted by molar-refractivity contribution is 6.25. The Balaban J connectivity index is 3.68. The van der Waals surface area contributed by atoms with Gasteiger partial charge in [-0.2, -0.15) is 0 Å². The fraction of sp³-hybridized carbons (Fsp3) is 1.00. The molecule has 2 radical (unpaired) electrons. The molecular formula is C9H20B2O2. The minimum atomic E-state index is -0.0781. The normalized spacial score (nSPS) is 13.9. The molecule has 0 amide bonds. The molecule has 13 heavy (non-hydrogen) atoms. The molecule has 0 N–H and O–H groups in total. The van der Waals surface area contributed by atoms with Gasteiger partial charge in [-0.15, -0.1) is 0 Å². The SMILES string of the molecule is C[B]OCC(C)CC(C)(C)O[B]C. The van der Waals surface area contributed by atoms with Gasteiger partial charge in [-0.05, 0) is 26.2 Å². The highest BCUT2D eigenvalue weighted by Crippen LogP contribution is 2.19. The first-order valence-electron chi connectivity index (χ1n) is 4.87. The van der Waals surface area contributed by atoms with Gasteiger partial charge in [-0.25, -0.2) is 0 Å². The summed E-state index contributed by atoms with van der Waals surface area (Å²) in [4.78, 5) is 0. The van der Waals surface area contributed by atoms with E-state index in [2.05, 4.69) is 20.8 Å². The lowest BCUT2D eigenvalue weighted by Gasteiger charge is -2.28. The second kappa shape index (κ2) is 6.50. The second-order valence-electron chi connectivity index (χ2n) is 3.99. The smallest absolute Gasteiger partial charge is 0.289 e. The van der Waals surface area contributed by atoms with Crippen molar-refractivity contribution in [2.75, 3.05) is 6.61 Å². The van der Waals surface area contributed by atoms with E-state index in [0.717, 1.165) is 13.0 Å². The molecule has 1 unspecified atom stereocenters. The minimum Gasteiger partial charge on any atom is -0.441 e. The summed E-state index contributed by atoms with van der Waals surface area (Å²) in [6, 6.07) is 0. The summed E-state index contributed by atoms with van der Waals surface area (Å²) in [6.07, 6.45) is 1.01. The zero-order valence-corrected chi connectivity index (χ0v) is 9.46. The lowest BCUT2D eigenvalue weighted by atomic mass is 9.92. The van der Waals surface area contributed by atoms with Crippen LogP contribution in [0.2, 0.25) is 13.6 Å². The van der Waals surface area contributed by atoms with Crippen LogP contribution in [0.4, 0.5) is 0 Å². The van der Waals surface area contributed by atoms with Crippen LogP contribution in [-0.2, 0) is 9.31 Å². The van der Waals surface area contributed by atoms with E-state index in [0.29, 0.717) is 5.92 Å². The van der Waals surface area contributed by atoms with E-state index in [1.807, 2.05) is 13.6 Å². The highest BCUT2D eigenvalue weighted by Gasteiger charge is 2.20. The van der Waals surface area contributed by atoms with Gasteiger partial charge in [0.15, 0.2) is 0 Å². The van der Waals surface area contributed by atoms with Gasteiger partial charge in [0, 0.05) is 12.2 Å². The van der Waals surface area contributed by atoms with Gasteiger partial charge in [0.2, 0.25) is 0 Å². The topological polar surface area (TPSA) is 18.5 Å². The van der Waals surface area contributed by atoms with Crippen LogP contribution in [-0.4, -0.2) is 27.2 Å². The van der Waals surface area contributed by atoms with E-state index >= 15 is 0 Å². The fourth-order valence-corrected chi connectivity index (χ4v) is 1.53. The van der Waals surface area contributed by atoms with E-state index in [1.54, 1.807) is 15.0 Å². The molecule has 2 nitrogen and oxygen atoms in total. The van der Waals surface area contributed by atoms with Crippen molar-refractivity contribution in [2.24, 2.45) is 5.92 Å². The van der Waals surface area contributed by atoms with Crippen molar-refractivity contribution in [1.82, 2.24) is 0 Å². The summed E-state index contributed by atoms with van der Waals surface area (Å²) in [5.41, 5.74) is -0.0781. The van der Waals surface area contributed by atoms with E-state index < -0.39 is 0 Å². The monoisotopic (exact) mass is 182 g/mol. The Hall–Kier alpha value is 0.0499. The Morgan fingerprint density at radius 2 is 1.85 bits per heavy atom. The van der Waals surface area contributed by atoms with Crippen molar-refractivity contribution in [3.05, 3.63) is 0 Å². The molecule has 0 aliphatic carbocycles. The Bertz CT molecular complexity index is 129. The van der Waals surface area contributed by atoms with Gasteiger partial charge in [0.05, 0.1) is 0 Å². The molecule has 4 heteroatoms.